The first-order chi connectivity index (χ1) is 6.71. The Labute approximate surface area is 88.0 Å². The summed E-state index contributed by atoms with van der Waals surface area (Å²) in [5.74, 6) is 0. The topological polar surface area (TPSA) is 77.8 Å². The van der Waals surface area contributed by atoms with Gasteiger partial charge in [0.2, 0.25) is 14.9 Å². The van der Waals surface area contributed by atoms with Crippen LogP contribution in [0.5, 0.6) is 0 Å². The molecule has 3 radical (unpaired) electrons. The molecular weight excluding hydrogens is 214 g/mol. The standard InChI is InChI=1S/C10H8O3S.N/c11-14(12,10-7-4-8-13-10)9-5-2-1-3-6-9;/h1-8H;. The van der Waals surface area contributed by atoms with Crippen LogP contribution in [0.2, 0.25) is 0 Å². The molecule has 0 aliphatic heterocycles. The van der Waals surface area contributed by atoms with Crippen molar-refractivity contribution >= 4 is 9.84 Å². The summed E-state index contributed by atoms with van der Waals surface area (Å²) in [7, 11) is -3.46. The lowest BCUT2D eigenvalue weighted by atomic mass is 10.4. The maximum Gasteiger partial charge on any atom is 0.239 e. The summed E-state index contributed by atoms with van der Waals surface area (Å²) in [4.78, 5) is 0.245. The second-order valence-corrected chi connectivity index (χ2v) is 4.63. The lowest BCUT2D eigenvalue weighted by molar-refractivity contribution is 0.450. The van der Waals surface area contributed by atoms with Crippen LogP contribution in [0.3, 0.4) is 0 Å². The Morgan fingerprint density at radius 3 is 2.13 bits per heavy atom. The van der Waals surface area contributed by atoms with Crippen molar-refractivity contribution in [3.8, 4) is 0 Å². The molecule has 0 spiro atoms. The summed E-state index contributed by atoms with van der Waals surface area (Å²) in [6, 6.07) is 11.2. The molecule has 2 aromatic rings. The number of sulfone groups is 1. The molecule has 0 saturated carbocycles. The summed E-state index contributed by atoms with van der Waals surface area (Å²) in [6.07, 6.45) is 1.34. The summed E-state index contributed by atoms with van der Waals surface area (Å²) in [6.45, 7) is 0. The molecule has 4 nitrogen and oxygen atoms in total. The predicted molar refractivity (Wildman–Crippen MR) is 52.7 cm³/mol. The number of furan rings is 1. The van der Waals surface area contributed by atoms with E-state index in [0.29, 0.717) is 0 Å². The van der Waals surface area contributed by atoms with Gasteiger partial charge in [-0.25, -0.2) is 8.42 Å². The van der Waals surface area contributed by atoms with Crippen molar-refractivity contribution in [2.24, 2.45) is 0 Å². The molecule has 0 saturated heterocycles. The van der Waals surface area contributed by atoms with Gasteiger partial charge in [-0.1, -0.05) is 18.2 Å². The van der Waals surface area contributed by atoms with E-state index >= 15 is 0 Å². The van der Waals surface area contributed by atoms with Gasteiger partial charge in [0.15, 0.2) is 0 Å². The molecule has 0 unspecified atom stereocenters. The zero-order chi connectivity index (χ0) is 10.0. The number of nitrogens with zero attached hydrogens (tertiary/aromatic N) is 1. The monoisotopic (exact) mass is 222 g/mol. The highest BCUT2D eigenvalue weighted by Crippen LogP contribution is 2.19. The van der Waals surface area contributed by atoms with Crippen molar-refractivity contribution in [1.29, 1.82) is 0 Å². The third kappa shape index (κ3) is 2.08. The normalized spacial score (nSPS) is 10.7. The van der Waals surface area contributed by atoms with Gasteiger partial charge in [-0.3, -0.25) is 0 Å². The van der Waals surface area contributed by atoms with Gasteiger partial charge < -0.3 is 4.42 Å². The third-order valence-electron chi connectivity index (χ3n) is 1.81. The Hall–Kier alpha value is -1.59. The molecule has 0 aliphatic rings. The van der Waals surface area contributed by atoms with E-state index in [2.05, 4.69) is 0 Å². The molecule has 1 aromatic carbocycles. The Balaban J connectivity index is 0.00000112. The summed E-state index contributed by atoms with van der Waals surface area (Å²) in [5, 5.41) is -0.0244. The minimum absolute atomic E-state index is 0. The molecule has 5 heteroatoms. The zero-order valence-corrected chi connectivity index (χ0v) is 8.52. The lowest BCUT2D eigenvalue weighted by Crippen LogP contribution is -1.99. The first-order valence-corrected chi connectivity index (χ1v) is 5.53. The smallest absolute Gasteiger partial charge is 0.239 e. The third-order valence-corrected chi connectivity index (χ3v) is 3.47. The van der Waals surface area contributed by atoms with E-state index in [1.807, 2.05) is 0 Å². The molecule has 1 aromatic heterocycles. The largest absolute Gasteiger partial charge is 0.453 e. The maximum absolute atomic E-state index is 11.8. The Morgan fingerprint density at radius 2 is 1.60 bits per heavy atom. The highest BCUT2D eigenvalue weighted by atomic mass is 32.2. The number of hydrogen-bond acceptors (Lipinski definition) is 3. The van der Waals surface area contributed by atoms with E-state index < -0.39 is 9.84 Å². The quantitative estimate of drug-likeness (QED) is 0.774. The Bertz CT molecular complexity index is 503. The molecule has 0 bridgehead atoms. The average molecular weight is 222 g/mol. The number of rotatable bonds is 2. The van der Waals surface area contributed by atoms with Gasteiger partial charge in [0.05, 0.1) is 11.2 Å². The molecule has 0 amide bonds. The minimum atomic E-state index is -3.46. The minimum Gasteiger partial charge on any atom is -0.453 e. The van der Waals surface area contributed by atoms with Crippen LogP contribution in [0.15, 0.2) is 63.1 Å². The molecular formula is C10H8NO3S. The first-order valence-electron chi connectivity index (χ1n) is 4.05. The maximum atomic E-state index is 11.8. The summed E-state index contributed by atoms with van der Waals surface area (Å²) < 4.78 is 28.5. The molecule has 0 atom stereocenters. The van der Waals surface area contributed by atoms with Gasteiger partial charge in [0.25, 0.3) is 0 Å². The van der Waals surface area contributed by atoms with Gasteiger partial charge in [0, 0.05) is 6.15 Å². The summed E-state index contributed by atoms with van der Waals surface area (Å²) >= 11 is 0. The second kappa shape index (κ2) is 4.29. The van der Waals surface area contributed by atoms with Gasteiger partial charge in [0.1, 0.15) is 0 Å². The van der Waals surface area contributed by atoms with E-state index in [-0.39, 0.29) is 16.1 Å². The van der Waals surface area contributed by atoms with E-state index in [0.717, 1.165) is 0 Å². The van der Waals surface area contributed by atoms with E-state index in [4.69, 9.17) is 4.42 Å². The van der Waals surface area contributed by atoms with Crippen LogP contribution in [0.1, 0.15) is 0 Å². The van der Waals surface area contributed by atoms with Crippen molar-refractivity contribution < 1.29 is 12.8 Å². The SMILES string of the molecule is O=S(=O)(c1ccccc1)c1ccco1.[N]. The lowest BCUT2D eigenvalue weighted by Gasteiger charge is -1.99. The van der Waals surface area contributed by atoms with Gasteiger partial charge >= 0.3 is 0 Å². The highest BCUT2D eigenvalue weighted by Gasteiger charge is 2.19. The molecule has 0 fully saturated rings. The average Bonchev–Trinajstić information content (AvgIpc) is 2.72. The Morgan fingerprint density at radius 1 is 0.933 bits per heavy atom. The van der Waals surface area contributed by atoms with Crippen molar-refractivity contribution in [2.75, 3.05) is 0 Å². The van der Waals surface area contributed by atoms with Crippen LogP contribution in [0.25, 0.3) is 0 Å². The predicted octanol–water partition coefficient (Wildman–Crippen LogP) is 1.63. The molecule has 0 N–H and O–H groups in total. The van der Waals surface area contributed by atoms with Crippen molar-refractivity contribution in [2.45, 2.75) is 9.99 Å². The van der Waals surface area contributed by atoms with Crippen molar-refractivity contribution in [3.05, 3.63) is 48.7 Å². The van der Waals surface area contributed by atoms with Gasteiger partial charge in [-0.2, -0.15) is 0 Å². The molecule has 0 aliphatic carbocycles. The number of benzene rings is 1. The van der Waals surface area contributed by atoms with Crippen LogP contribution < -0.4 is 6.15 Å². The van der Waals surface area contributed by atoms with Crippen LogP contribution in [0, 0.1) is 0 Å². The molecule has 1 heterocycles. The van der Waals surface area contributed by atoms with Crippen LogP contribution >= 0.6 is 0 Å². The Kier molecular flexibility index (Phi) is 3.28. The highest BCUT2D eigenvalue weighted by molar-refractivity contribution is 7.91. The van der Waals surface area contributed by atoms with Gasteiger partial charge in [-0.05, 0) is 24.3 Å². The molecule has 77 valence electrons. The fourth-order valence-corrected chi connectivity index (χ4v) is 2.32. The molecule has 2 rings (SSSR count). The second-order valence-electron chi connectivity index (χ2n) is 2.75. The van der Waals surface area contributed by atoms with Crippen molar-refractivity contribution in [3.63, 3.8) is 0 Å². The van der Waals surface area contributed by atoms with E-state index in [1.165, 1.54) is 24.5 Å². The van der Waals surface area contributed by atoms with E-state index in [9.17, 15) is 8.42 Å². The van der Waals surface area contributed by atoms with Crippen LogP contribution in [-0.2, 0) is 9.84 Å². The zero-order valence-electron chi connectivity index (χ0n) is 7.70. The van der Waals surface area contributed by atoms with E-state index in [1.54, 1.807) is 24.3 Å². The summed E-state index contributed by atoms with van der Waals surface area (Å²) in [5.41, 5.74) is 0. The number of hydrogen-bond donors (Lipinski definition) is 0. The van der Waals surface area contributed by atoms with Crippen molar-refractivity contribution in [1.82, 2.24) is 6.15 Å². The van der Waals surface area contributed by atoms with Crippen LogP contribution in [-0.4, -0.2) is 8.42 Å². The molecule has 15 heavy (non-hydrogen) atoms. The fourth-order valence-electron chi connectivity index (χ4n) is 1.13. The first kappa shape index (κ1) is 11.5. The van der Waals surface area contributed by atoms with Gasteiger partial charge in [-0.15, -0.1) is 0 Å². The van der Waals surface area contributed by atoms with Crippen LogP contribution in [0.4, 0.5) is 0 Å². The fraction of sp³-hybridized carbons (Fsp3) is 0.